The Hall–Kier alpha value is -5.07. The van der Waals surface area contributed by atoms with Gasteiger partial charge in [-0.2, -0.15) is 0 Å². The summed E-state index contributed by atoms with van der Waals surface area (Å²) in [6, 6.07) is 15.4. The van der Waals surface area contributed by atoms with Crippen LogP contribution in [0.2, 0.25) is 0 Å². The minimum atomic E-state index is -1.61. The number of aliphatic hydroxyl groups is 5. The number of Topliss-reactive ketones (excluding diaryl/α,β-unsaturated/α-hetero) is 1. The van der Waals surface area contributed by atoms with Crippen LogP contribution >= 0.6 is 0 Å². The average Bonchev–Trinajstić information content (AvgIpc) is 3.64. The average molecular weight is 1090 g/mol. The third-order valence-corrected chi connectivity index (χ3v) is 21.1. The van der Waals surface area contributed by atoms with Gasteiger partial charge < -0.3 is 50.2 Å². The number of benzene rings is 3. The molecule has 3 heterocycles. The molecule has 14 atom stereocenters. The van der Waals surface area contributed by atoms with E-state index in [4.69, 9.17) is 14.2 Å². The van der Waals surface area contributed by atoms with Crippen molar-refractivity contribution < 1.29 is 59.2 Å². The van der Waals surface area contributed by atoms with Crippen molar-refractivity contribution in [3.05, 3.63) is 99.1 Å². The van der Waals surface area contributed by atoms with Crippen LogP contribution in [0.15, 0.2) is 60.2 Å². The van der Waals surface area contributed by atoms with Gasteiger partial charge in [0.1, 0.15) is 40.7 Å². The van der Waals surface area contributed by atoms with Gasteiger partial charge in [-0.25, -0.2) is 4.79 Å². The highest BCUT2D eigenvalue weighted by molar-refractivity contribution is 5.89. The smallest absolute Gasteiger partial charge is 0.334 e. The second kappa shape index (κ2) is 22.9. The molecule has 80 heavy (non-hydrogen) atoms. The van der Waals surface area contributed by atoms with Gasteiger partial charge in [-0.05, 0) is 165 Å². The van der Waals surface area contributed by atoms with Crippen LogP contribution in [-0.2, 0) is 49.7 Å². The lowest BCUT2D eigenvalue weighted by molar-refractivity contribution is -0.265. The van der Waals surface area contributed by atoms with E-state index in [9.17, 15) is 40.2 Å². The molecule has 3 aromatic rings. The van der Waals surface area contributed by atoms with Crippen LogP contribution in [-0.4, -0.2) is 97.1 Å². The van der Waals surface area contributed by atoms with Gasteiger partial charge in [0, 0.05) is 60.0 Å². The van der Waals surface area contributed by atoms with Gasteiger partial charge in [0.2, 0.25) is 0 Å². The van der Waals surface area contributed by atoms with Crippen LogP contribution in [0.3, 0.4) is 0 Å². The fourth-order valence-electron chi connectivity index (χ4n) is 17.2. The summed E-state index contributed by atoms with van der Waals surface area (Å²) in [5.41, 5.74) is 2.13. The Morgan fingerprint density at radius 1 is 0.812 bits per heavy atom. The molecule has 3 aromatic carbocycles. The number of rotatable bonds is 10. The molecule has 0 amide bonds. The number of fused-ring (bicyclic) bond motifs is 10. The minimum Gasteiger partial charge on any atom is -0.507 e. The first kappa shape index (κ1) is 55.5. The Bertz CT molecular complexity index is 2920. The number of aliphatic hydroxyl groups excluding tert-OH is 3. The molecule has 13 nitrogen and oxygen atoms in total. The summed E-state index contributed by atoms with van der Waals surface area (Å²) < 4.78 is 19.4. The monoisotopic (exact) mass is 1090 g/mol. The minimum absolute atomic E-state index is 0.0133. The van der Waals surface area contributed by atoms with Gasteiger partial charge in [-0.1, -0.05) is 93.5 Å². The zero-order valence-corrected chi connectivity index (χ0v) is 46.6. The molecule has 12 bridgehead atoms. The molecular formula is C67H83NO12. The Morgan fingerprint density at radius 2 is 1.55 bits per heavy atom. The molecule has 6 saturated carbocycles. The number of nitrogens with one attached hydrogen (secondary N) is 1. The number of ketones is 1. The lowest BCUT2D eigenvalue weighted by atomic mass is 9.40. The van der Waals surface area contributed by atoms with E-state index in [0.29, 0.717) is 52.1 Å². The molecule has 0 saturated heterocycles. The molecule has 0 aromatic heterocycles. The number of esters is 2. The fraction of sp³-hybridized carbons (Fsp3) is 0.627. The maximum atomic E-state index is 15.9. The molecule has 13 heteroatoms. The first-order valence-electron chi connectivity index (χ1n) is 30.7. The van der Waals surface area contributed by atoms with E-state index in [0.717, 1.165) is 107 Å². The summed E-state index contributed by atoms with van der Waals surface area (Å²) in [5, 5.41) is 76.8. The number of anilines is 1. The lowest BCUT2D eigenvalue weighted by Gasteiger charge is -2.66. The normalized spacial score (nSPS) is 34.4. The zero-order chi connectivity index (χ0) is 55.5. The van der Waals surface area contributed by atoms with Crippen molar-refractivity contribution in [1.29, 1.82) is 0 Å². The summed E-state index contributed by atoms with van der Waals surface area (Å²) >= 11 is 0. The predicted octanol–water partition coefficient (Wildman–Crippen LogP) is 9.33. The quantitative estimate of drug-likeness (QED) is 0.0574. The van der Waals surface area contributed by atoms with Crippen molar-refractivity contribution in [2.45, 2.75) is 208 Å². The van der Waals surface area contributed by atoms with E-state index in [1.807, 2.05) is 30.3 Å². The van der Waals surface area contributed by atoms with E-state index in [1.54, 1.807) is 19.1 Å². The summed E-state index contributed by atoms with van der Waals surface area (Å²) in [6.07, 6.45) is 13.9. The number of carbonyl (C=O) groups excluding carboxylic acids is 3. The van der Waals surface area contributed by atoms with Crippen molar-refractivity contribution in [2.24, 2.45) is 41.4 Å². The first-order valence-corrected chi connectivity index (χ1v) is 30.7. The molecule has 6 aliphatic carbocycles. The fourth-order valence-corrected chi connectivity index (χ4v) is 17.2. The molecule has 0 unspecified atom stereocenters. The first-order chi connectivity index (χ1) is 38.6. The summed E-state index contributed by atoms with van der Waals surface area (Å²) in [5.74, 6) is 3.80. The Balaban J connectivity index is 1.01. The number of carbonyl (C=O) groups is 3. The van der Waals surface area contributed by atoms with Crippen molar-refractivity contribution >= 4 is 23.4 Å². The highest BCUT2D eigenvalue weighted by Crippen LogP contribution is 2.66. The van der Waals surface area contributed by atoms with Gasteiger partial charge in [0.05, 0.1) is 37.8 Å². The Kier molecular flexibility index (Phi) is 15.9. The van der Waals surface area contributed by atoms with Gasteiger partial charge >= 0.3 is 11.9 Å². The third kappa shape index (κ3) is 10.8. The lowest BCUT2D eigenvalue weighted by Crippen LogP contribution is -2.71. The highest BCUT2D eigenvalue weighted by Gasteiger charge is 2.69. The van der Waals surface area contributed by atoms with E-state index in [-0.39, 0.29) is 116 Å². The number of aromatic hydroxyl groups is 1. The Labute approximate surface area is 471 Å². The van der Waals surface area contributed by atoms with Crippen LogP contribution in [0, 0.1) is 53.3 Å². The second-order valence-corrected chi connectivity index (χ2v) is 26.2. The Morgan fingerprint density at radius 3 is 2.34 bits per heavy atom. The van der Waals surface area contributed by atoms with Crippen LogP contribution in [0.1, 0.15) is 186 Å². The van der Waals surface area contributed by atoms with E-state index in [2.05, 4.69) is 29.3 Å². The van der Waals surface area contributed by atoms with Crippen LogP contribution in [0.25, 0.3) is 0 Å². The largest absolute Gasteiger partial charge is 0.507 e. The summed E-state index contributed by atoms with van der Waals surface area (Å²) in [6.45, 7) is 1.12. The number of phenols is 1. The van der Waals surface area contributed by atoms with E-state index >= 15 is 4.79 Å². The van der Waals surface area contributed by atoms with Crippen molar-refractivity contribution in [3.63, 3.8) is 0 Å². The van der Waals surface area contributed by atoms with Gasteiger partial charge in [-0.3, -0.25) is 9.59 Å². The van der Waals surface area contributed by atoms with Gasteiger partial charge in [0.25, 0.3) is 0 Å². The number of ether oxygens (including phenoxy) is 3. The molecule has 428 valence electrons. The van der Waals surface area contributed by atoms with Gasteiger partial charge in [0.15, 0.2) is 0 Å². The van der Waals surface area contributed by atoms with Crippen molar-refractivity contribution in [2.75, 3.05) is 18.5 Å². The topological polar surface area (TPSA) is 212 Å². The van der Waals surface area contributed by atoms with Crippen LogP contribution in [0.4, 0.5) is 5.69 Å². The number of hydrogen-bond donors (Lipinski definition) is 7. The van der Waals surface area contributed by atoms with E-state index < -0.39 is 53.3 Å². The number of hydrogen-bond acceptors (Lipinski definition) is 13. The molecule has 9 aliphatic rings. The summed E-state index contributed by atoms with van der Waals surface area (Å²) in [4.78, 5) is 44.6. The molecule has 7 N–H and O–H groups in total. The van der Waals surface area contributed by atoms with Crippen molar-refractivity contribution in [1.82, 2.24) is 0 Å². The van der Waals surface area contributed by atoms with Crippen LogP contribution < -0.4 is 10.1 Å². The third-order valence-electron chi connectivity index (χ3n) is 21.1. The predicted molar refractivity (Wildman–Crippen MR) is 301 cm³/mol. The standard InChI is InChI=1S/C67H83NO12/c1-66(76,57(72)36-78-50-15-6-3-7-16-50)37-68-48-25-40(35-69)24-45(29-48)42-19-20-43-34-59(73)80-64-53(43)31-46(63(74)60(64)41-13-4-2-5-14-41)33-58-67(77)55-18-9-8-17-51(55)52-22-21-44-32-56(71)54(61(52)62(44)67)27-39-12-10-11-38(23-39)26-49(70)30-47(28-42)65(75)79-58/h10-12,23-25,29-31,41-44,49-52,54-55,57-58,61-62,68-70,72,74,76-77H,2-9,13-18,21-22,26-28,32-37H2,1H3/b47-30-/t42-,43+,44+,49+,51-,52+,54-,55+,57+,58+,61+,62+,66+,67+/m0/s1. The number of phenolic OH excluding ortho intramolecular Hbond substituents is 1. The van der Waals surface area contributed by atoms with Crippen molar-refractivity contribution in [3.8, 4) is 23.3 Å². The molecule has 0 spiro atoms. The molecule has 12 rings (SSSR count). The SMILES string of the molecule is C[C@@](O)(CNc1cc(CO)cc([C@H]2C#C[C@@H]3CC(=O)Oc4c3cc(c(O)c4C3CCCCC3)C[C@H]3OC(=O)/C(=C\[C@H](O)Cc4cccc(c4)C[C@H]4C(=O)C[C@H]5CC[C@@H]6[C@@H]7CCCC[C@H]7[C@]3(O)[C@H]5[C@H]64)C2)c1)[C@H](O)COC1CCCCC1. The zero-order valence-electron chi connectivity index (χ0n) is 46.6. The molecule has 0 radical (unpaired) electrons. The molecule has 3 aliphatic heterocycles. The maximum Gasteiger partial charge on any atom is 0.334 e. The summed E-state index contributed by atoms with van der Waals surface area (Å²) in [7, 11) is 0. The highest BCUT2D eigenvalue weighted by atomic mass is 16.6. The maximum absolute atomic E-state index is 15.9. The van der Waals surface area contributed by atoms with Crippen LogP contribution in [0.5, 0.6) is 11.5 Å². The van der Waals surface area contributed by atoms with E-state index in [1.165, 1.54) is 6.42 Å². The molecule has 6 fully saturated rings. The van der Waals surface area contributed by atoms with Gasteiger partial charge in [-0.15, -0.1) is 0 Å². The second-order valence-electron chi connectivity index (χ2n) is 26.2. The molecular weight excluding hydrogens is 1010 g/mol.